The Bertz CT molecular complexity index is 784. The molecule has 0 unspecified atom stereocenters. The highest BCUT2D eigenvalue weighted by atomic mass is 127. The minimum absolute atomic E-state index is 0. The summed E-state index contributed by atoms with van der Waals surface area (Å²) in [7, 11) is -3.44. The van der Waals surface area contributed by atoms with E-state index in [4.69, 9.17) is 4.42 Å². The zero-order chi connectivity index (χ0) is 18.3. The van der Waals surface area contributed by atoms with Crippen LogP contribution in [0.15, 0.2) is 31.1 Å². The molecule has 0 amide bonds. The smallest absolute Gasteiger partial charge is 0.250 e. The van der Waals surface area contributed by atoms with Gasteiger partial charge in [-0.05, 0) is 32.2 Å². The molecule has 2 rings (SSSR count). The van der Waals surface area contributed by atoms with Gasteiger partial charge in [-0.2, -0.15) is 0 Å². The van der Waals surface area contributed by atoms with Gasteiger partial charge in [-0.1, -0.05) is 6.07 Å². The largest absolute Gasteiger partial charge is 0.444 e. The number of halogens is 1. The van der Waals surface area contributed by atoms with Gasteiger partial charge >= 0.3 is 0 Å². The number of hydrogen-bond donors (Lipinski definition) is 3. The molecule has 0 spiro atoms. The predicted octanol–water partition coefficient (Wildman–Crippen LogP) is 2.00. The van der Waals surface area contributed by atoms with E-state index in [1.807, 2.05) is 20.8 Å². The van der Waals surface area contributed by atoms with Crippen molar-refractivity contribution >= 4 is 51.3 Å². The molecule has 0 fully saturated rings. The third-order valence-corrected chi connectivity index (χ3v) is 6.12. The quantitative estimate of drug-likeness (QED) is 0.216. The van der Waals surface area contributed by atoms with Crippen LogP contribution in [0.2, 0.25) is 0 Å². The van der Waals surface area contributed by atoms with Crippen molar-refractivity contribution in [1.82, 2.24) is 20.3 Å². The fourth-order valence-electron chi connectivity index (χ4n) is 1.95. The Labute approximate surface area is 175 Å². The molecule has 0 aliphatic rings. The van der Waals surface area contributed by atoms with Crippen molar-refractivity contribution in [3.63, 3.8) is 0 Å². The summed E-state index contributed by atoms with van der Waals surface area (Å²) in [6, 6.07) is 3.28. The molecule has 0 radical (unpaired) electrons. The molecular formula is C15H24IN5O3S2. The van der Waals surface area contributed by atoms with Crippen molar-refractivity contribution in [1.29, 1.82) is 0 Å². The zero-order valence-corrected chi connectivity index (χ0v) is 18.9. The maximum absolute atomic E-state index is 12.0. The van der Waals surface area contributed by atoms with Gasteiger partial charge < -0.3 is 15.1 Å². The number of sulfonamides is 1. The normalized spacial score (nSPS) is 11.9. The van der Waals surface area contributed by atoms with Crippen molar-refractivity contribution in [3.05, 3.63) is 34.9 Å². The first-order valence-electron chi connectivity index (χ1n) is 7.90. The molecule has 26 heavy (non-hydrogen) atoms. The molecule has 0 bridgehead atoms. The molecule has 3 N–H and O–H groups in total. The number of rotatable bonds is 8. The second-order valence-corrected chi connectivity index (χ2v) is 8.14. The first kappa shape index (κ1) is 22.9. The van der Waals surface area contributed by atoms with Gasteiger partial charge in [-0.15, -0.1) is 35.3 Å². The Balaban J connectivity index is 0.00000338. The van der Waals surface area contributed by atoms with Crippen molar-refractivity contribution in [2.75, 3.05) is 19.6 Å². The van der Waals surface area contributed by atoms with Crippen LogP contribution >= 0.6 is 35.3 Å². The SMILES string of the molecule is CCNC(=NCc1nc(C)c(C)o1)NCCNS(=O)(=O)c1cccs1.I. The van der Waals surface area contributed by atoms with E-state index in [9.17, 15) is 8.42 Å². The van der Waals surface area contributed by atoms with Gasteiger partial charge in [0.25, 0.3) is 0 Å². The first-order valence-corrected chi connectivity index (χ1v) is 10.3. The molecule has 0 saturated heterocycles. The average Bonchev–Trinajstić information content (AvgIpc) is 3.20. The van der Waals surface area contributed by atoms with E-state index >= 15 is 0 Å². The Morgan fingerprint density at radius 3 is 2.65 bits per heavy atom. The van der Waals surface area contributed by atoms with E-state index in [0.29, 0.717) is 35.7 Å². The Kier molecular flexibility index (Phi) is 9.54. The van der Waals surface area contributed by atoms with E-state index < -0.39 is 10.0 Å². The summed E-state index contributed by atoms with van der Waals surface area (Å²) in [4.78, 5) is 8.66. The number of guanidine groups is 1. The number of nitrogens with one attached hydrogen (secondary N) is 3. The van der Waals surface area contributed by atoms with Gasteiger partial charge in [0.2, 0.25) is 15.9 Å². The summed E-state index contributed by atoms with van der Waals surface area (Å²) in [5, 5.41) is 7.90. The van der Waals surface area contributed by atoms with Crippen LogP contribution in [0.25, 0.3) is 0 Å². The van der Waals surface area contributed by atoms with Crippen molar-refractivity contribution in [2.45, 2.75) is 31.5 Å². The molecule has 0 saturated carbocycles. The highest BCUT2D eigenvalue weighted by Gasteiger charge is 2.13. The lowest BCUT2D eigenvalue weighted by atomic mass is 10.4. The second-order valence-electron chi connectivity index (χ2n) is 5.20. The van der Waals surface area contributed by atoms with Crippen LogP contribution in [0.5, 0.6) is 0 Å². The highest BCUT2D eigenvalue weighted by molar-refractivity contribution is 14.0. The number of aryl methyl sites for hydroxylation is 2. The Morgan fingerprint density at radius 2 is 2.08 bits per heavy atom. The fourth-order valence-corrected chi connectivity index (χ4v) is 4.02. The summed E-state index contributed by atoms with van der Waals surface area (Å²) in [5.41, 5.74) is 0.853. The molecule has 2 aromatic rings. The molecule has 2 heterocycles. The van der Waals surface area contributed by atoms with Crippen LogP contribution in [-0.4, -0.2) is 39.0 Å². The molecule has 0 atom stereocenters. The van der Waals surface area contributed by atoms with Crippen LogP contribution in [-0.2, 0) is 16.6 Å². The summed E-state index contributed by atoms with van der Waals surface area (Å²) in [6.07, 6.45) is 0. The van der Waals surface area contributed by atoms with Crippen LogP contribution in [0.1, 0.15) is 24.3 Å². The molecule has 0 aliphatic heterocycles. The van der Waals surface area contributed by atoms with Crippen molar-refractivity contribution < 1.29 is 12.8 Å². The molecule has 0 aliphatic carbocycles. The topological polar surface area (TPSA) is 109 Å². The van der Waals surface area contributed by atoms with E-state index in [2.05, 4.69) is 25.3 Å². The van der Waals surface area contributed by atoms with E-state index in [1.165, 1.54) is 11.3 Å². The third-order valence-electron chi connectivity index (χ3n) is 3.26. The van der Waals surface area contributed by atoms with Crippen LogP contribution in [0.3, 0.4) is 0 Å². The summed E-state index contributed by atoms with van der Waals surface area (Å²) in [6.45, 7) is 7.35. The van der Waals surface area contributed by atoms with Crippen LogP contribution in [0, 0.1) is 13.8 Å². The summed E-state index contributed by atoms with van der Waals surface area (Å²) < 4.78 is 32.4. The zero-order valence-electron chi connectivity index (χ0n) is 14.9. The molecule has 11 heteroatoms. The number of oxazole rings is 1. The lowest BCUT2D eigenvalue weighted by Gasteiger charge is -2.11. The van der Waals surface area contributed by atoms with Gasteiger partial charge in [0.15, 0.2) is 5.96 Å². The minimum Gasteiger partial charge on any atom is -0.444 e. The van der Waals surface area contributed by atoms with Gasteiger partial charge in [0.05, 0.1) is 5.69 Å². The molecular weight excluding hydrogens is 489 g/mol. The Morgan fingerprint density at radius 1 is 1.31 bits per heavy atom. The van der Waals surface area contributed by atoms with Gasteiger partial charge in [-0.3, -0.25) is 0 Å². The molecule has 0 aromatic carbocycles. The number of aliphatic imine (C=N–C) groups is 1. The van der Waals surface area contributed by atoms with Crippen LogP contribution in [0.4, 0.5) is 0 Å². The monoisotopic (exact) mass is 513 g/mol. The highest BCUT2D eigenvalue weighted by Crippen LogP contribution is 2.14. The average molecular weight is 513 g/mol. The van der Waals surface area contributed by atoms with E-state index in [1.54, 1.807) is 17.5 Å². The molecule has 8 nitrogen and oxygen atoms in total. The summed E-state index contributed by atoms with van der Waals surface area (Å²) >= 11 is 1.19. The third kappa shape index (κ3) is 6.85. The maximum atomic E-state index is 12.0. The van der Waals surface area contributed by atoms with Gasteiger partial charge in [0.1, 0.15) is 16.5 Å². The lowest BCUT2D eigenvalue weighted by Crippen LogP contribution is -2.41. The number of nitrogens with zero attached hydrogens (tertiary/aromatic N) is 2. The lowest BCUT2D eigenvalue weighted by molar-refractivity contribution is 0.473. The van der Waals surface area contributed by atoms with E-state index in [0.717, 1.165) is 11.5 Å². The molecule has 146 valence electrons. The Hall–Kier alpha value is -1.18. The van der Waals surface area contributed by atoms with Crippen molar-refractivity contribution in [3.8, 4) is 0 Å². The first-order chi connectivity index (χ1) is 11.9. The number of hydrogen-bond acceptors (Lipinski definition) is 6. The predicted molar refractivity (Wildman–Crippen MR) is 114 cm³/mol. The van der Waals surface area contributed by atoms with Crippen LogP contribution < -0.4 is 15.4 Å². The number of aromatic nitrogens is 1. The van der Waals surface area contributed by atoms with Crippen molar-refractivity contribution in [2.24, 2.45) is 4.99 Å². The fraction of sp³-hybridized carbons (Fsp3) is 0.467. The second kappa shape index (κ2) is 10.8. The van der Waals surface area contributed by atoms with Gasteiger partial charge in [-0.25, -0.2) is 23.1 Å². The maximum Gasteiger partial charge on any atom is 0.250 e. The minimum atomic E-state index is -3.44. The standard InChI is InChI=1S/C15H23N5O3S2.HI/c1-4-16-15(18-10-13-20-11(2)12(3)23-13)17-7-8-19-25(21,22)14-6-5-9-24-14;/h5-6,9,19H,4,7-8,10H2,1-3H3,(H2,16,17,18);1H. The summed E-state index contributed by atoms with van der Waals surface area (Å²) in [5.74, 6) is 1.91. The van der Waals surface area contributed by atoms with E-state index in [-0.39, 0.29) is 30.5 Å². The molecule has 2 aromatic heterocycles. The number of thiophene rings is 1. The van der Waals surface area contributed by atoms with Gasteiger partial charge in [0, 0.05) is 19.6 Å².